The summed E-state index contributed by atoms with van der Waals surface area (Å²) in [6.45, 7) is 2.32. The normalized spacial score (nSPS) is 11.0. The summed E-state index contributed by atoms with van der Waals surface area (Å²) < 4.78 is 5.30. The molecule has 0 atom stereocenters. The lowest BCUT2D eigenvalue weighted by Crippen LogP contribution is -2.17. The predicted molar refractivity (Wildman–Crippen MR) is 90.7 cm³/mol. The van der Waals surface area contributed by atoms with Gasteiger partial charge in [0.2, 0.25) is 0 Å². The fourth-order valence-electron chi connectivity index (χ4n) is 1.87. The molecule has 2 aromatic rings. The zero-order valence-corrected chi connectivity index (χ0v) is 12.8. The molecule has 0 heterocycles. The average Bonchev–Trinajstić information content (AvgIpc) is 2.57. The van der Waals surface area contributed by atoms with Crippen LogP contribution in [0.1, 0.15) is 22.8 Å². The molecule has 118 valence electrons. The molecule has 0 saturated heterocycles. The van der Waals surface area contributed by atoms with Crippen molar-refractivity contribution in [2.24, 2.45) is 5.10 Å². The van der Waals surface area contributed by atoms with Crippen molar-refractivity contribution in [1.82, 2.24) is 5.43 Å². The molecule has 0 aliphatic heterocycles. The van der Waals surface area contributed by atoms with Crippen LogP contribution in [0, 0.1) is 0 Å². The summed E-state index contributed by atoms with van der Waals surface area (Å²) in [6, 6.07) is 14.2. The number of nitrogens with zero attached hydrogens (tertiary/aromatic N) is 1. The average molecular weight is 310 g/mol. The summed E-state index contributed by atoms with van der Waals surface area (Å²) in [5.74, 6) is -0.113. The highest BCUT2D eigenvalue weighted by molar-refractivity contribution is 5.97. The van der Waals surface area contributed by atoms with E-state index in [0.29, 0.717) is 12.4 Å². The van der Waals surface area contributed by atoms with Crippen LogP contribution in [0.5, 0.6) is 11.5 Å². The Balaban J connectivity index is 1.95. The first-order valence-corrected chi connectivity index (χ1v) is 7.21. The molecule has 0 aliphatic rings. The molecule has 0 aromatic heterocycles. The second kappa shape index (κ2) is 8.38. The van der Waals surface area contributed by atoms with Gasteiger partial charge < -0.3 is 9.84 Å². The highest BCUT2D eigenvalue weighted by Crippen LogP contribution is 2.22. The fraction of sp³-hybridized carbons (Fsp3) is 0.111. The number of amides is 1. The van der Waals surface area contributed by atoms with Gasteiger partial charge in [-0.3, -0.25) is 4.79 Å². The minimum absolute atomic E-state index is 0.111. The van der Waals surface area contributed by atoms with Gasteiger partial charge in [0, 0.05) is 6.21 Å². The van der Waals surface area contributed by atoms with E-state index < -0.39 is 5.91 Å². The van der Waals surface area contributed by atoms with Crippen LogP contribution in [0.15, 0.2) is 59.7 Å². The minimum atomic E-state index is -0.506. The third-order valence-electron chi connectivity index (χ3n) is 2.94. The SMILES string of the molecule is CCOc1ccc(O)c(C(=O)N/N=C\C=C\c2ccccc2)c1. The standard InChI is InChI=1S/C18H18N2O3/c1-2-23-15-10-11-17(21)16(13-15)18(22)20-19-12-6-9-14-7-4-3-5-8-14/h3-13,21H,2H2,1H3,(H,20,22)/b9-6+,19-12-. The molecule has 0 radical (unpaired) electrons. The maximum Gasteiger partial charge on any atom is 0.275 e. The summed E-state index contributed by atoms with van der Waals surface area (Å²) in [4.78, 5) is 12.0. The first-order chi connectivity index (χ1) is 11.2. The maximum atomic E-state index is 12.0. The van der Waals surface area contributed by atoms with E-state index in [4.69, 9.17) is 4.74 Å². The number of carbonyl (C=O) groups is 1. The maximum absolute atomic E-state index is 12.0. The first-order valence-electron chi connectivity index (χ1n) is 7.21. The lowest BCUT2D eigenvalue weighted by Gasteiger charge is -2.07. The molecular formula is C18H18N2O3. The Bertz CT molecular complexity index is 709. The number of ether oxygens (including phenoxy) is 1. The molecular weight excluding hydrogens is 292 g/mol. The Labute approximate surface area is 134 Å². The second-order valence-electron chi connectivity index (χ2n) is 4.60. The van der Waals surface area contributed by atoms with Crippen LogP contribution in [-0.4, -0.2) is 23.8 Å². The number of aromatic hydroxyl groups is 1. The lowest BCUT2D eigenvalue weighted by molar-refractivity contribution is 0.0952. The predicted octanol–water partition coefficient (Wildman–Crippen LogP) is 3.22. The van der Waals surface area contributed by atoms with E-state index in [-0.39, 0.29) is 11.3 Å². The number of allylic oxidation sites excluding steroid dienone is 1. The fourth-order valence-corrected chi connectivity index (χ4v) is 1.87. The minimum Gasteiger partial charge on any atom is -0.507 e. The zero-order valence-electron chi connectivity index (χ0n) is 12.8. The van der Waals surface area contributed by atoms with Gasteiger partial charge in [0.15, 0.2) is 0 Å². The summed E-state index contributed by atoms with van der Waals surface area (Å²) in [5.41, 5.74) is 3.50. The molecule has 0 aliphatic carbocycles. The number of rotatable bonds is 6. The number of phenols is 1. The monoisotopic (exact) mass is 310 g/mol. The molecule has 5 nitrogen and oxygen atoms in total. The van der Waals surface area contributed by atoms with Crippen LogP contribution in [0.25, 0.3) is 6.08 Å². The molecule has 0 unspecified atom stereocenters. The molecule has 23 heavy (non-hydrogen) atoms. The van der Waals surface area contributed by atoms with E-state index >= 15 is 0 Å². The molecule has 2 N–H and O–H groups in total. The van der Waals surface area contributed by atoms with Crippen molar-refractivity contribution in [3.05, 3.63) is 65.7 Å². The molecule has 0 saturated carbocycles. The van der Waals surface area contributed by atoms with E-state index in [1.165, 1.54) is 18.3 Å². The molecule has 0 bridgehead atoms. The van der Waals surface area contributed by atoms with Crippen molar-refractivity contribution < 1.29 is 14.6 Å². The van der Waals surface area contributed by atoms with Crippen molar-refractivity contribution in [2.75, 3.05) is 6.61 Å². The molecule has 0 spiro atoms. The van der Waals surface area contributed by atoms with Gasteiger partial charge in [0.1, 0.15) is 11.5 Å². The van der Waals surface area contributed by atoms with Gasteiger partial charge in [-0.15, -0.1) is 0 Å². The molecule has 2 rings (SSSR count). The van der Waals surface area contributed by atoms with Gasteiger partial charge in [0.25, 0.3) is 5.91 Å². The van der Waals surface area contributed by atoms with E-state index in [0.717, 1.165) is 5.56 Å². The van der Waals surface area contributed by atoms with Gasteiger partial charge in [-0.1, -0.05) is 36.4 Å². The number of nitrogens with one attached hydrogen (secondary N) is 1. The number of carbonyl (C=O) groups excluding carboxylic acids is 1. The van der Waals surface area contributed by atoms with E-state index in [9.17, 15) is 9.90 Å². The summed E-state index contributed by atoms with van der Waals surface area (Å²) in [7, 11) is 0. The third-order valence-corrected chi connectivity index (χ3v) is 2.94. The Morgan fingerprint density at radius 2 is 2.04 bits per heavy atom. The van der Waals surface area contributed by atoms with Crippen molar-refractivity contribution >= 4 is 18.2 Å². The Morgan fingerprint density at radius 1 is 1.26 bits per heavy atom. The number of benzene rings is 2. The highest BCUT2D eigenvalue weighted by Gasteiger charge is 2.11. The zero-order chi connectivity index (χ0) is 16.5. The second-order valence-corrected chi connectivity index (χ2v) is 4.60. The van der Waals surface area contributed by atoms with E-state index in [2.05, 4.69) is 10.5 Å². The van der Waals surface area contributed by atoms with Crippen molar-refractivity contribution in [2.45, 2.75) is 6.92 Å². The van der Waals surface area contributed by atoms with Gasteiger partial charge in [-0.2, -0.15) is 5.10 Å². The summed E-state index contributed by atoms with van der Waals surface area (Å²) in [5, 5.41) is 13.6. The van der Waals surface area contributed by atoms with Crippen molar-refractivity contribution in [3.8, 4) is 11.5 Å². The smallest absolute Gasteiger partial charge is 0.275 e. The van der Waals surface area contributed by atoms with Crippen LogP contribution >= 0.6 is 0 Å². The quantitative estimate of drug-likeness (QED) is 0.635. The van der Waals surface area contributed by atoms with Crippen molar-refractivity contribution in [3.63, 3.8) is 0 Å². The number of phenolic OH excluding ortho intramolecular Hbond substituents is 1. The first kappa shape index (κ1) is 16.3. The van der Waals surface area contributed by atoms with E-state index in [1.807, 2.05) is 43.3 Å². The van der Waals surface area contributed by atoms with Crippen molar-refractivity contribution in [1.29, 1.82) is 0 Å². The lowest BCUT2D eigenvalue weighted by atomic mass is 10.2. The van der Waals surface area contributed by atoms with Gasteiger partial charge >= 0.3 is 0 Å². The summed E-state index contributed by atoms with van der Waals surface area (Å²) in [6.07, 6.45) is 5.04. The highest BCUT2D eigenvalue weighted by atomic mass is 16.5. The van der Waals surface area contributed by atoms with Crippen LogP contribution in [-0.2, 0) is 0 Å². The number of hydrazone groups is 1. The van der Waals surface area contributed by atoms with Crippen LogP contribution < -0.4 is 10.2 Å². The summed E-state index contributed by atoms with van der Waals surface area (Å²) >= 11 is 0. The molecule has 0 fully saturated rings. The number of hydrogen-bond donors (Lipinski definition) is 2. The molecule has 1 amide bonds. The van der Waals surface area contributed by atoms with Crippen LogP contribution in [0.3, 0.4) is 0 Å². The number of hydrogen-bond acceptors (Lipinski definition) is 4. The third kappa shape index (κ3) is 5.00. The van der Waals surface area contributed by atoms with Crippen LogP contribution in [0.2, 0.25) is 0 Å². The largest absolute Gasteiger partial charge is 0.507 e. The molecule has 2 aromatic carbocycles. The van der Waals surface area contributed by atoms with Crippen LogP contribution in [0.4, 0.5) is 0 Å². The Morgan fingerprint density at radius 3 is 2.78 bits per heavy atom. The van der Waals surface area contributed by atoms with Gasteiger partial charge in [-0.05, 0) is 36.8 Å². The van der Waals surface area contributed by atoms with E-state index in [1.54, 1.807) is 12.1 Å². The molecule has 5 heteroatoms. The van der Waals surface area contributed by atoms with Gasteiger partial charge in [0.05, 0.1) is 12.2 Å². The topological polar surface area (TPSA) is 70.9 Å². The Kier molecular flexibility index (Phi) is 5.94. The van der Waals surface area contributed by atoms with Gasteiger partial charge in [-0.25, -0.2) is 5.43 Å². The Hall–Kier alpha value is -3.08.